The summed E-state index contributed by atoms with van der Waals surface area (Å²) in [5.74, 6) is 1.65. The molecule has 0 atom stereocenters. The Bertz CT molecular complexity index is 1150. The Balaban J connectivity index is 1.71. The van der Waals surface area contributed by atoms with Gasteiger partial charge in [-0.2, -0.15) is 0 Å². The molecular weight excluding hydrogens is 388 g/mol. The van der Waals surface area contributed by atoms with Crippen molar-refractivity contribution in [2.45, 2.75) is 56.3 Å². The molecular formula is C20H20N6S2. The largest absolute Gasteiger partial charge is 0.306 e. The number of aromatic nitrogens is 6. The van der Waals surface area contributed by atoms with Gasteiger partial charge in [-0.1, -0.05) is 0 Å². The normalized spacial score (nSPS) is 13.8. The van der Waals surface area contributed by atoms with Gasteiger partial charge >= 0.3 is 0 Å². The van der Waals surface area contributed by atoms with Gasteiger partial charge in [0.2, 0.25) is 0 Å². The first kappa shape index (κ1) is 17.8. The van der Waals surface area contributed by atoms with E-state index in [1.807, 2.05) is 36.6 Å². The van der Waals surface area contributed by atoms with Crippen molar-refractivity contribution in [3.63, 3.8) is 0 Å². The van der Waals surface area contributed by atoms with Crippen molar-refractivity contribution in [2.75, 3.05) is 0 Å². The molecule has 0 saturated heterocycles. The Kier molecular flexibility index (Phi) is 4.60. The van der Waals surface area contributed by atoms with Gasteiger partial charge in [-0.25, -0.2) is 9.97 Å². The highest BCUT2D eigenvalue weighted by Gasteiger charge is 2.23. The predicted octanol–water partition coefficient (Wildman–Crippen LogP) is 4.70. The first-order valence-corrected chi connectivity index (χ1v) is 11.2. The van der Waals surface area contributed by atoms with Gasteiger partial charge in [0.15, 0.2) is 11.0 Å². The van der Waals surface area contributed by atoms with Crippen LogP contribution < -0.4 is 0 Å². The minimum Gasteiger partial charge on any atom is -0.306 e. The molecule has 0 aliphatic heterocycles. The molecule has 6 nitrogen and oxygen atoms in total. The van der Waals surface area contributed by atoms with Crippen LogP contribution in [0, 0.1) is 6.92 Å². The number of hydrogen-bond donors (Lipinski definition) is 0. The molecule has 0 amide bonds. The van der Waals surface area contributed by atoms with Crippen molar-refractivity contribution in [2.24, 2.45) is 0 Å². The van der Waals surface area contributed by atoms with Crippen LogP contribution >= 0.6 is 23.1 Å². The van der Waals surface area contributed by atoms with Crippen LogP contribution in [0.1, 0.15) is 36.0 Å². The van der Waals surface area contributed by atoms with Crippen LogP contribution in [0.25, 0.3) is 21.6 Å². The second-order valence-corrected chi connectivity index (χ2v) is 8.90. The fourth-order valence-electron chi connectivity index (χ4n) is 3.71. The van der Waals surface area contributed by atoms with Crippen LogP contribution in [0.15, 0.2) is 34.7 Å². The topological polar surface area (TPSA) is 69.4 Å². The number of aryl methyl sites for hydroxylation is 3. The van der Waals surface area contributed by atoms with Gasteiger partial charge in [0, 0.05) is 34.8 Å². The van der Waals surface area contributed by atoms with Crippen LogP contribution in [0.2, 0.25) is 0 Å². The molecule has 0 saturated carbocycles. The molecule has 5 rings (SSSR count). The Morgan fingerprint density at radius 1 is 1.18 bits per heavy atom. The maximum atomic E-state index is 4.97. The quantitative estimate of drug-likeness (QED) is 0.456. The summed E-state index contributed by atoms with van der Waals surface area (Å²) in [6.45, 7) is 4.94. The fourth-order valence-corrected chi connectivity index (χ4v) is 6.12. The van der Waals surface area contributed by atoms with E-state index in [1.54, 1.807) is 18.0 Å². The van der Waals surface area contributed by atoms with Crippen molar-refractivity contribution >= 4 is 33.3 Å². The molecule has 0 N–H and O–H groups in total. The van der Waals surface area contributed by atoms with Gasteiger partial charge < -0.3 is 4.57 Å². The molecule has 28 heavy (non-hydrogen) atoms. The van der Waals surface area contributed by atoms with E-state index in [2.05, 4.69) is 26.7 Å². The highest BCUT2D eigenvalue weighted by molar-refractivity contribution is 7.99. The number of fused-ring (bicyclic) bond motifs is 3. The van der Waals surface area contributed by atoms with Gasteiger partial charge in [-0.3, -0.25) is 4.98 Å². The average Bonchev–Trinajstić information content (AvgIpc) is 3.28. The van der Waals surface area contributed by atoms with Crippen molar-refractivity contribution in [1.29, 1.82) is 0 Å². The first-order chi connectivity index (χ1) is 13.7. The molecule has 1 aliphatic carbocycles. The Morgan fingerprint density at radius 2 is 2.07 bits per heavy atom. The first-order valence-electron chi connectivity index (χ1n) is 9.55. The van der Waals surface area contributed by atoms with E-state index in [0.29, 0.717) is 0 Å². The Labute approximate surface area is 171 Å². The van der Waals surface area contributed by atoms with Crippen molar-refractivity contribution < 1.29 is 0 Å². The zero-order valence-electron chi connectivity index (χ0n) is 15.8. The van der Waals surface area contributed by atoms with Crippen LogP contribution in [0.3, 0.4) is 0 Å². The molecule has 0 aromatic carbocycles. The summed E-state index contributed by atoms with van der Waals surface area (Å²) in [7, 11) is 0. The molecule has 1 aliphatic rings. The molecule has 0 unspecified atom stereocenters. The molecule has 0 fully saturated rings. The third-order valence-electron chi connectivity index (χ3n) is 5.11. The van der Waals surface area contributed by atoms with Crippen molar-refractivity contribution in [3.8, 4) is 11.4 Å². The lowest BCUT2D eigenvalue weighted by molar-refractivity contribution is 0.661. The molecule has 4 aromatic heterocycles. The van der Waals surface area contributed by atoms with E-state index in [0.717, 1.165) is 51.6 Å². The summed E-state index contributed by atoms with van der Waals surface area (Å²) < 4.78 is 2.13. The monoisotopic (exact) mass is 408 g/mol. The van der Waals surface area contributed by atoms with Crippen LogP contribution in [-0.4, -0.2) is 29.7 Å². The summed E-state index contributed by atoms with van der Waals surface area (Å²) in [6.07, 6.45) is 8.34. The molecule has 8 heteroatoms. The lowest BCUT2D eigenvalue weighted by Crippen LogP contribution is -2.01. The van der Waals surface area contributed by atoms with Gasteiger partial charge in [0.1, 0.15) is 15.7 Å². The Morgan fingerprint density at radius 3 is 2.89 bits per heavy atom. The summed E-state index contributed by atoms with van der Waals surface area (Å²) in [5.41, 5.74) is 2.37. The van der Waals surface area contributed by atoms with Crippen LogP contribution in [-0.2, 0) is 19.4 Å². The lowest BCUT2D eigenvalue weighted by Gasteiger charge is -2.12. The fraction of sp³-hybridized carbons (Fsp3) is 0.350. The predicted molar refractivity (Wildman–Crippen MR) is 112 cm³/mol. The number of pyridine rings is 1. The minimum absolute atomic E-state index is 0.723. The van der Waals surface area contributed by atoms with Gasteiger partial charge in [0.25, 0.3) is 0 Å². The third kappa shape index (κ3) is 3.00. The maximum Gasteiger partial charge on any atom is 0.197 e. The standard InChI is InChI=1S/C20H20N6S2/c1-3-26-12(2)24-25-20(26)28-19-16-14-8-4-5-9-15(14)27-18(16)22-17(23-19)13-7-6-10-21-11-13/h6-7,10-11H,3-5,8-9H2,1-2H3. The van der Waals surface area contributed by atoms with E-state index in [1.165, 1.54) is 28.7 Å². The SMILES string of the molecule is CCn1c(C)nnc1Sc1nc(-c2cccnc2)nc2sc3c(c12)CCCC3. The second-order valence-electron chi connectivity index (χ2n) is 6.86. The van der Waals surface area contributed by atoms with Crippen molar-refractivity contribution in [1.82, 2.24) is 29.7 Å². The van der Waals surface area contributed by atoms with Crippen LogP contribution in [0.5, 0.6) is 0 Å². The average molecular weight is 409 g/mol. The van der Waals surface area contributed by atoms with E-state index >= 15 is 0 Å². The summed E-state index contributed by atoms with van der Waals surface area (Å²) in [4.78, 5) is 16.7. The molecule has 0 radical (unpaired) electrons. The smallest absolute Gasteiger partial charge is 0.197 e. The van der Waals surface area contributed by atoms with E-state index in [4.69, 9.17) is 9.97 Å². The highest BCUT2D eigenvalue weighted by atomic mass is 32.2. The number of rotatable bonds is 4. The van der Waals surface area contributed by atoms with Crippen molar-refractivity contribution in [3.05, 3.63) is 40.8 Å². The molecule has 142 valence electrons. The molecule has 0 spiro atoms. The van der Waals surface area contributed by atoms with E-state index in [9.17, 15) is 0 Å². The minimum atomic E-state index is 0.723. The summed E-state index contributed by atoms with van der Waals surface area (Å²) >= 11 is 3.42. The molecule has 4 heterocycles. The Hall–Kier alpha value is -2.32. The second kappa shape index (κ2) is 7.25. The van der Waals surface area contributed by atoms with Gasteiger partial charge in [-0.05, 0) is 69.0 Å². The zero-order valence-corrected chi connectivity index (χ0v) is 17.5. The number of nitrogens with zero attached hydrogens (tertiary/aromatic N) is 6. The third-order valence-corrected chi connectivity index (χ3v) is 7.27. The van der Waals surface area contributed by atoms with Gasteiger partial charge in [-0.15, -0.1) is 21.5 Å². The lowest BCUT2D eigenvalue weighted by atomic mass is 9.97. The molecule has 4 aromatic rings. The van der Waals surface area contributed by atoms with E-state index in [-0.39, 0.29) is 0 Å². The highest BCUT2D eigenvalue weighted by Crippen LogP contribution is 2.42. The maximum absolute atomic E-state index is 4.97. The summed E-state index contributed by atoms with van der Waals surface area (Å²) in [6, 6.07) is 3.93. The van der Waals surface area contributed by atoms with Gasteiger partial charge in [0.05, 0.1) is 0 Å². The van der Waals surface area contributed by atoms with E-state index < -0.39 is 0 Å². The number of hydrogen-bond acceptors (Lipinski definition) is 7. The summed E-state index contributed by atoms with van der Waals surface area (Å²) in [5, 5.41) is 11.7. The number of thiophene rings is 1. The molecule has 0 bridgehead atoms. The zero-order chi connectivity index (χ0) is 19.1. The van der Waals surface area contributed by atoms with Crippen LogP contribution in [0.4, 0.5) is 0 Å².